The fourth-order valence-corrected chi connectivity index (χ4v) is 1.01. The zero-order valence-corrected chi connectivity index (χ0v) is 8.17. The van der Waals surface area contributed by atoms with Gasteiger partial charge in [-0.05, 0) is 6.92 Å². The van der Waals surface area contributed by atoms with Crippen molar-refractivity contribution in [3.63, 3.8) is 0 Å². The van der Waals surface area contributed by atoms with Crippen LogP contribution in [0.15, 0.2) is 10.6 Å². The summed E-state index contributed by atoms with van der Waals surface area (Å²) in [6.45, 7) is 4.39. The molecule has 1 heterocycles. The van der Waals surface area contributed by atoms with Gasteiger partial charge in [0, 0.05) is 26.6 Å². The van der Waals surface area contributed by atoms with Gasteiger partial charge in [-0.1, -0.05) is 0 Å². The summed E-state index contributed by atoms with van der Waals surface area (Å²) in [5.41, 5.74) is 0. The third kappa shape index (κ3) is 4.05. The van der Waals surface area contributed by atoms with Gasteiger partial charge in [-0.3, -0.25) is 0 Å². The molecule has 0 spiro atoms. The van der Waals surface area contributed by atoms with Crippen molar-refractivity contribution in [3.05, 3.63) is 17.8 Å². The van der Waals surface area contributed by atoms with Gasteiger partial charge in [0.25, 0.3) is 0 Å². The topological polar surface area (TPSA) is 47.3 Å². The monoisotopic (exact) mass is 184 g/mol. The van der Waals surface area contributed by atoms with Gasteiger partial charge in [0.1, 0.15) is 5.76 Å². The molecule has 0 radical (unpaired) electrons. The third-order valence-electron chi connectivity index (χ3n) is 1.67. The summed E-state index contributed by atoms with van der Waals surface area (Å²) in [6, 6.07) is 0. The van der Waals surface area contributed by atoms with Gasteiger partial charge in [0.15, 0.2) is 5.89 Å². The van der Waals surface area contributed by atoms with Gasteiger partial charge in [-0.2, -0.15) is 0 Å². The second kappa shape index (κ2) is 5.72. The van der Waals surface area contributed by atoms with Crippen LogP contribution < -0.4 is 5.32 Å². The van der Waals surface area contributed by atoms with Crippen LogP contribution in [0.4, 0.5) is 0 Å². The Morgan fingerprint density at radius 3 is 3.00 bits per heavy atom. The highest BCUT2D eigenvalue weighted by atomic mass is 16.5. The quantitative estimate of drug-likeness (QED) is 0.663. The van der Waals surface area contributed by atoms with Crippen molar-refractivity contribution >= 4 is 0 Å². The van der Waals surface area contributed by atoms with E-state index >= 15 is 0 Å². The number of rotatable bonds is 6. The minimum absolute atomic E-state index is 0.741. The smallest absolute Gasteiger partial charge is 0.195 e. The van der Waals surface area contributed by atoms with Crippen LogP contribution in [-0.4, -0.2) is 31.8 Å². The number of methoxy groups -OCH3 is 1. The summed E-state index contributed by atoms with van der Waals surface area (Å²) in [5.74, 6) is 1.66. The average Bonchev–Trinajstić information content (AvgIpc) is 2.51. The van der Waals surface area contributed by atoms with Gasteiger partial charge in [0.05, 0.1) is 12.8 Å². The maximum Gasteiger partial charge on any atom is 0.195 e. The molecule has 74 valence electrons. The predicted molar refractivity (Wildman–Crippen MR) is 49.7 cm³/mol. The lowest BCUT2D eigenvalue weighted by Gasteiger charge is -2.00. The number of ether oxygens (including phenoxy) is 1. The zero-order valence-electron chi connectivity index (χ0n) is 8.17. The number of hydrogen-bond donors (Lipinski definition) is 1. The van der Waals surface area contributed by atoms with Crippen molar-refractivity contribution in [3.8, 4) is 0 Å². The van der Waals surface area contributed by atoms with Crippen molar-refractivity contribution in [2.45, 2.75) is 13.3 Å². The number of oxazole rings is 1. The Balaban J connectivity index is 2.06. The minimum Gasteiger partial charge on any atom is -0.446 e. The van der Waals surface area contributed by atoms with E-state index in [1.54, 1.807) is 13.3 Å². The highest BCUT2D eigenvalue weighted by Gasteiger charge is 1.98. The predicted octanol–water partition coefficient (Wildman–Crippen LogP) is 0.762. The Bertz CT molecular complexity index is 235. The maximum atomic E-state index is 5.31. The lowest BCUT2D eigenvalue weighted by Crippen LogP contribution is -2.21. The maximum absolute atomic E-state index is 5.31. The van der Waals surface area contributed by atoms with Crippen LogP contribution in [0.5, 0.6) is 0 Å². The molecule has 1 aromatic heterocycles. The van der Waals surface area contributed by atoms with Crippen LogP contribution in [0, 0.1) is 6.92 Å². The lowest BCUT2D eigenvalue weighted by atomic mass is 10.4. The van der Waals surface area contributed by atoms with Crippen LogP contribution in [0.3, 0.4) is 0 Å². The van der Waals surface area contributed by atoms with Gasteiger partial charge in [0.2, 0.25) is 0 Å². The highest BCUT2D eigenvalue weighted by molar-refractivity contribution is 4.90. The van der Waals surface area contributed by atoms with Gasteiger partial charge in [-0.25, -0.2) is 4.98 Å². The van der Waals surface area contributed by atoms with Crippen LogP contribution >= 0.6 is 0 Å². The first-order chi connectivity index (χ1) is 6.33. The molecule has 1 rings (SSSR count). The highest BCUT2D eigenvalue weighted by Crippen LogP contribution is 2.00. The fourth-order valence-electron chi connectivity index (χ4n) is 1.01. The molecule has 0 aliphatic heterocycles. The molecule has 0 saturated heterocycles. The van der Waals surface area contributed by atoms with E-state index < -0.39 is 0 Å². The second-order valence-corrected chi connectivity index (χ2v) is 2.86. The summed E-state index contributed by atoms with van der Waals surface area (Å²) in [7, 11) is 1.69. The summed E-state index contributed by atoms with van der Waals surface area (Å²) < 4.78 is 10.2. The summed E-state index contributed by atoms with van der Waals surface area (Å²) in [5, 5.41) is 3.22. The number of aromatic nitrogens is 1. The van der Waals surface area contributed by atoms with E-state index in [1.165, 1.54) is 0 Å². The van der Waals surface area contributed by atoms with Gasteiger partial charge < -0.3 is 14.5 Å². The Hall–Kier alpha value is -0.870. The average molecular weight is 184 g/mol. The number of aryl methyl sites for hydroxylation is 1. The minimum atomic E-state index is 0.741. The number of nitrogens with one attached hydrogen (secondary N) is 1. The number of nitrogens with zero attached hydrogens (tertiary/aromatic N) is 1. The van der Waals surface area contributed by atoms with E-state index in [0.29, 0.717) is 0 Å². The third-order valence-corrected chi connectivity index (χ3v) is 1.67. The molecule has 0 aromatic carbocycles. The second-order valence-electron chi connectivity index (χ2n) is 2.86. The Morgan fingerprint density at radius 2 is 2.38 bits per heavy atom. The van der Waals surface area contributed by atoms with Gasteiger partial charge >= 0.3 is 0 Å². The van der Waals surface area contributed by atoms with E-state index in [0.717, 1.165) is 37.8 Å². The van der Waals surface area contributed by atoms with E-state index in [1.807, 2.05) is 6.92 Å². The summed E-state index contributed by atoms with van der Waals surface area (Å²) >= 11 is 0. The molecule has 0 aliphatic carbocycles. The SMILES string of the molecule is COCCNCCc1ncc(C)o1. The Kier molecular flexibility index (Phi) is 4.49. The normalized spacial score (nSPS) is 10.6. The van der Waals surface area contributed by atoms with Crippen molar-refractivity contribution in [1.82, 2.24) is 10.3 Å². The molecular weight excluding hydrogens is 168 g/mol. The Morgan fingerprint density at radius 1 is 1.54 bits per heavy atom. The van der Waals surface area contributed by atoms with Crippen molar-refractivity contribution in [1.29, 1.82) is 0 Å². The van der Waals surface area contributed by atoms with Crippen LogP contribution in [-0.2, 0) is 11.2 Å². The molecule has 0 aliphatic rings. The molecule has 1 aromatic rings. The van der Waals surface area contributed by atoms with Gasteiger partial charge in [-0.15, -0.1) is 0 Å². The molecule has 13 heavy (non-hydrogen) atoms. The molecule has 1 N–H and O–H groups in total. The Labute approximate surface area is 78.3 Å². The van der Waals surface area contributed by atoms with Crippen molar-refractivity contribution < 1.29 is 9.15 Å². The van der Waals surface area contributed by atoms with E-state index in [4.69, 9.17) is 9.15 Å². The zero-order chi connectivity index (χ0) is 9.52. The van der Waals surface area contributed by atoms with E-state index in [-0.39, 0.29) is 0 Å². The number of hydrogen-bond acceptors (Lipinski definition) is 4. The molecule has 0 bridgehead atoms. The molecule has 0 amide bonds. The molecule has 0 unspecified atom stereocenters. The van der Waals surface area contributed by atoms with Crippen LogP contribution in [0.1, 0.15) is 11.7 Å². The lowest BCUT2D eigenvalue weighted by molar-refractivity contribution is 0.199. The van der Waals surface area contributed by atoms with Crippen molar-refractivity contribution in [2.75, 3.05) is 26.8 Å². The standard InChI is InChI=1S/C9H16N2O2/c1-8-7-11-9(13-8)3-4-10-5-6-12-2/h7,10H,3-6H2,1-2H3. The first-order valence-corrected chi connectivity index (χ1v) is 4.44. The van der Waals surface area contributed by atoms with E-state index in [9.17, 15) is 0 Å². The van der Waals surface area contributed by atoms with Crippen molar-refractivity contribution in [2.24, 2.45) is 0 Å². The molecule has 0 atom stereocenters. The van der Waals surface area contributed by atoms with Crippen LogP contribution in [0.2, 0.25) is 0 Å². The van der Waals surface area contributed by atoms with Crippen LogP contribution in [0.25, 0.3) is 0 Å². The first-order valence-electron chi connectivity index (χ1n) is 4.44. The summed E-state index contributed by atoms with van der Waals surface area (Å²) in [6.07, 6.45) is 2.57. The first kappa shape index (κ1) is 10.2. The summed E-state index contributed by atoms with van der Waals surface area (Å²) in [4.78, 5) is 4.10. The van der Waals surface area contributed by atoms with E-state index in [2.05, 4.69) is 10.3 Å². The molecular formula is C9H16N2O2. The molecule has 4 heteroatoms. The molecule has 0 saturated carbocycles. The fraction of sp³-hybridized carbons (Fsp3) is 0.667. The largest absolute Gasteiger partial charge is 0.446 e. The molecule has 0 fully saturated rings. The molecule has 4 nitrogen and oxygen atoms in total.